The average Bonchev–Trinajstić information content (AvgIpc) is 2.75. The molecule has 1 aliphatic rings. The molecule has 0 amide bonds. The first-order valence-electron chi connectivity index (χ1n) is 8.09. The minimum atomic E-state index is 0.454. The summed E-state index contributed by atoms with van der Waals surface area (Å²) in [6.07, 6.45) is 1.30. The first-order valence-corrected chi connectivity index (χ1v) is 9.89. The van der Waals surface area contributed by atoms with Crippen LogP contribution in [0.1, 0.15) is 43.9 Å². The molecular formula is C17H30N2S2. The molecule has 0 radical (unpaired) electrons. The Morgan fingerprint density at radius 2 is 2.00 bits per heavy atom. The van der Waals surface area contributed by atoms with Crippen molar-refractivity contribution >= 4 is 23.1 Å². The van der Waals surface area contributed by atoms with Crippen LogP contribution in [0, 0.1) is 5.92 Å². The van der Waals surface area contributed by atoms with Gasteiger partial charge in [-0.15, -0.1) is 11.3 Å². The Balaban J connectivity index is 1.79. The molecule has 1 saturated heterocycles. The predicted molar refractivity (Wildman–Crippen MR) is 97.3 cm³/mol. The summed E-state index contributed by atoms with van der Waals surface area (Å²) in [6.45, 7) is 15.0. The quantitative estimate of drug-likeness (QED) is 0.843. The molecule has 120 valence electrons. The summed E-state index contributed by atoms with van der Waals surface area (Å²) >= 11 is 4.10. The molecule has 1 aromatic heterocycles. The second kappa shape index (κ2) is 8.00. The fourth-order valence-electron chi connectivity index (χ4n) is 2.53. The minimum absolute atomic E-state index is 0.454. The van der Waals surface area contributed by atoms with Gasteiger partial charge >= 0.3 is 0 Å². The van der Waals surface area contributed by atoms with Gasteiger partial charge in [-0.3, -0.25) is 4.90 Å². The van der Waals surface area contributed by atoms with Crippen molar-refractivity contribution < 1.29 is 0 Å². The Morgan fingerprint density at radius 3 is 2.76 bits per heavy atom. The van der Waals surface area contributed by atoms with Crippen LogP contribution in [0.3, 0.4) is 0 Å². The van der Waals surface area contributed by atoms with E-state index >= 15 is 0 Å². The molecule has 0 aliphatic carbocycles. The highest BCUT2D eigenvalue weighted by atomic mass is 32.2. The maximum absolute atomic E-state index is 3.53. The van der Waals surface area contributed by atoms with E-state index in [2.05, 4.69) is 61.8 Å². The van der Waals surface area contributed by atoms with Crippen LogP contribution in [0.5, 0.6) is 0 Å². The van der Waals surface area contributed by atoms with Crippen LogP contribution in [-0.2, 0) is 13.1 Å². The molecular weight excluding hydrogens is 296 g/mol. The highest BCUT2D eigenvalue weighted by Crippen LogP contribution is 2.31. The Kier molecular flexibility index (Phi) is 6.60. The molecule has 1 N–H and O–H groups in total. The van der Waals surface area contributed by atoms with Crippen LogP contribution in [-0.4, -0.2) is 35.0 Å². The molecule has 1 fully saturated rings. The number of hydrogen-bond acceptors (Lipinski definition) is 4. The lowest BCUT2D eigenvalue weighted by molar-refractivity contribution is 0.278. The van der Waals surface area contributed by atoms with E-state index in [4.69, 9.17) is 0 Å². The van der Waals surface area contributed by atoms with E-state index in [-0.39, 0.29) is 0 Å². The normalized spacial score (nSPS) is 19.9. The van der Waals surface area contributed by atoms with E-state index in [9.17, 15) is 0 Å². The fraction of sp³-hybridized carbons (Fsp3) is 0.765. The fourth-order valence-corrected chi connectivity index (χ4v) is 4.70. The van der Waals surface area contributed by atoms with Crippen LogP contribution in [0.25, 0.3) is 0 Å². The summed E-state index contributed by atoms with van der Waals surface area (Å²) in [5.74, 6) is 1.99. The van der Waals surface area contributed by atoms with E-state index in [1.54, 1.807) is 0 Å². The van der Waals surface area contributed by atoms with Crippen molar-refractivity contribution in [3.63, 3.8) is 0 Å². The second-order valence-corrected chi connectivity index (χ2v) is 10.1. The van der Waals surface area contributed by atoms with Gasteiger partial charge < -0.3 is 5.32 Å². The third-order valence-electron chi connectivity index (χ3n) is 3.88. The Hall–Kier alpha value is -0.0300. The zero-order valence-electron chi connectivity index (χ0n) is 13.9. The van der Waals surface area contributed by atoms with Crippen molar-refractivity contribution in [2.24, 2.45) is 5.92 Å². The molecule has 0 unspecified atom stereocenters. The Labute approximate surface area is 138 Å². The van der Waals surface area contributed by atoms with Crippen LogP contribution in [0.15, 0.2) is 12.1 Å². The lowest BCUT2D eigenvalue weighted by atomic mass is 10.1. The van der Waals surface area contributed by atoms with Crippen molar-refractivity contribution in [1.29, 1.82) is 0 Å². The number of thiophene rings is 1. The Bertz CT molecular complexity index is 426. The largest absolute Gasteiger partial charge is 0.312 e. The van der Waals surface area contributed by atoms with Gasteiger partial charge in [0.2, 0.25) is 0 Å². The molecule has 2 heterocycles. The summed E-state index contributed by atoms with van der Waals surface area (Å²) in [5, 5.41) is 3.53. The SMILES string of the molecule is CC(C)CNCc1ccc(CN2CCSC(C)(C)CC2)s1. The summed E-state index contributed by atoms with van der Waals surface area (Å²) in [4.78, 5) is 5.61. The summed E-state index contributed by atoms with van der Waals surface area (Å²) in [6, 6.07) is 4.62. The van der Waals surface area contributed by atoms with Crippen LogP contribution in [0.2, 0.25) is 0 Å². The highest BCUT2D eigenvalue weighted by Gasteiger charge is 2.23. The lowest BCUT2D eigenvalue weighted by Gasteiger charge is -2.22. The Morgan fingerprint density at radius 1 is 1.24 bits per heavy atom. The maximum Gasteiger partial charge on any atom is 0.0328 e. The predicted octanol–water partition coefficient (Wildman–Crippen LogP) is 4.21. The standard InChI is InChI=1S/C17H30N2S2/c1-14(2)11-18-12-15-5-6-16(21-15)13-19-8-7-17(3,4)20-10-9-19/h5-6,14,18H,7-13H2,1-4H3. The molecule has 0 atom stereocenters. The van der Waals surface area contributed by atoms with Gasteiger partial charge in [-0.25, -0.2) is 0 Å². The molecule has 0 saturated carbocycles. The van der Waals surface area contributed by atoms with Crippen molar-refractivity contribution in [3.8, 4) is 0 Å². The van der Waals surface area contributed by atoms with Gasteiger partial charge in [-0.05, 0) is 37.6 Å². The maximum atomic E-state index is 3.53. The van der Waals surface area contributed by atoms with E-state index in [1.165, 1.54) is 35.0 Å². The van der Waals surface area contributed by atoms with Gasteiger partial charge in [0.25, 0.3) is 0 Å². The van der Waals surface area contributed by atoms with Gasteiger partial charge in [0.15, 0.2) is 0 Å². The van der Waals surface area contributed by atoms with Crippen molar-refractivity contribution in [2.75, 3.05) is 25.4 Å². The second-order valence-electron chi connectivity index (χ2n) is 7.03. The number of nitrogens with zero attached hydrogens (tertiary/aromatic N) is 1. The number of nitrogens with one attached hydrogen (secondary N) is 1. The van der Waals surface area contributed by atoms with Gasteiger partial charge in [0.05, 0.1) is 0 Å². The van der Waals surface area contributed by atoms with Crippen molar-refractivity contribution in [2.45, 2.75) is 52.0 Å². The van der Waals surface area contributed by atoms with Crippen LogP contribution in [0.4, 0.5) is 0 Å². The molecule has 1 aliphatic heterocycles. The third-order valence-corrected chi connectivity index (χ3v) is 6.32. The first-order chi connectivity index (χ1) is 9.94. The minimum Gasteiger partial charge on any atom is -0.312 e. The van der Waals surface area contributed by atoms with Gasteiger partial charge in [-0.2, -0.15) is 11.8 Å². The topological polar surface area (TPSA) is 15.3 Å². The van der Waals surface area contributed by atoms with Crippen LogP contribution >= 0.6 is 23.1 Å². The zero-order chi connectivity index (χ0) is 15.3. The monoisotopic (exact) mass is 326 g/mol. The van der Waals surface area contributed by atoms with Crippen molar-refractivity contribution in [3.05, 3.63) is 21.9 Å². The summed E-state index contributed by atoms with van der Waals surface area (Å²) in [7, 11) is 0. The molecule has 21 heavy (non-hydrogen) atoms. The van der Waals surface area contributed by atoms with E-state index in [0.717, 1.165) is 25.6 Å². The molecule has 0 spiro atoms. The van der Waals surface area contributed by atoms with E-state index in [1.807, 2.05) is 11.3 Å². The molecule has 0 bridgehead atoms. The zero-order valence-corrected chi connectivity index (χ0v) is 15.6. The molecule has 4 heteroatoms. The molecule has 2 rings (SSSR count). The lowest BCUT2D eigenvalue weighted by Crippen LogP contribution is -2.26. The summed E-state index contributed by atoms with van der Waals surface area (Å²) in [5.41, 5.74) is 0. The molecule has 0 aromatic carbocycles. The van der Waals surface area contributed by atoms with E-state index in [0.29, 0.717) is 4.75 Å². The number of thioether (sulfide) groups is 1. The first kappa shape index (κ1) is 17.3. The molecule has 1 aromatic rings. The van der Waals surface area contributed by atoms with Gasteiger partial charge in [0.1, 0.15) is 0 Å². The number of hydrogen-bond donors (Lipinski definition) is 1. The highest BCUT2D eigenvalue weighted by molar-refractivity contribution is 8.00. The van der Waals surface area contributed by atoms with Gasteiger partial charge in [-0.1, -0.05) is 27.7 Å². The smallest absolute Gasteiger partial charge is 0.0328 e. The van der Waals surface area contributed by atoms with Gasteiger partial charge in [0, 0.05) is 39.9 Å². The summed E-state index contributed by atoms with van der Waals surface area (Å²) < 4.78 is 0.454. The van der Waals surface area contributed by atoms with E-state index < -0.39 is 0 Å². The number of rotatable bonds is 6. The average molecular weight is 327 g/mol. The van der Waals surface area contributed by atoms with Crippen molar-refractivity contribution in [1.82, 2.24) is 10.2 Å². The third kappa shape index (κ3) is 6.31. The molecule has 2 nitrogen and oxygen atoms in total. The van der Waals surface area contributed by atoms with Crippen LogP contribution < -0.4 is 5.32 Å².